The molecule has 0 amide bonds. The minimum absolute atomic E-state index is 0.531. The molecule has 1 N–H and O–H groups in total. The van der Waals surface area contributed by atoms with E-state index in [0.29, 0.717) is 10.7 Å². The van der Waals surface area contributed by atoms with Crippen molar-refractivity contribution in [1.82, 2.24) is 5.32 Å². The summed E-state index contributed by atoms with van der Waals surface area (Å²) in [4.78, 5) is 0. The highest BCUT2D eigenvalue weighted by Gasteiger charge is 2.41. The highest BCUT2D eigenvalue weighted by Crippen LogP contribution is 2.46. The van der Waals surface area contributed by atoms with Gasteiger partial charge in [0.2, 0.25) is 0 Å². The fourth-order valence-corrected chi connectivity index (χ4v) is 3.22. The first-order valence-corrected chi connectivity index (χ1v) is 7.53. The first kappa shape index (κ1) is 11.4. The molecule has 92 valence electrons. The molecule has 17 heavy (non-hydrogen) atoms. The van der Waals surface area contributed by atoms with E-state index in [0.717, 1.165) is 25.4 Å². The molecule has 1 aliphatic carbocycles. The van der Waals surface area contributed by atoms with Crippen LogP contribution >= 0.6 is 11.8 Å². The van der Waals surface area contributed by atoms with Crippen molar-refractivity contribution in [1.29, 1.82) is 0 Å². The first-order chi connectivity index (χ1) is 8.33. The molecule has 1 saturated carbocycles. The summed E-state index contributed by atoms with van der Waals surface area (Å²) in [6, 6.07) is 8.40. The van der Waals surface area contributed by atoms with Gasteiger partial charge in [-0.2, -0.15) is 11.8 Å². The van der Waals surface area contributed by atoms with Crippen LogP contribution in [0.1, 0.15) is 24.3 Å². The van der Waals surface area contributed by atoms with Gasteiger partial charge in [-0.3, -0.25) is 0 Å². The summed E-state index contributed by atoms with van der Waals surface area (Å²) in [6.07, 6.45) is 4.97. The molecule has 2 nitrogen and oxygen atoms in total. The molecule has 0 aromatic heterocycles. The maximum atomic E-state index is 5.69. The van der Waals surface area contributed by atoms with Crippen molar-refractivity contribution in [2.75, 3.05) is 26.0 Å². The average Bonchev–Trinajstić information content (AvgIpc) is 3.04. The molecule has 3 heteroatoms. The van der Waals surface area contributed by atoms with E-state index in [-0.39, 0.29) is 0 Å². The summed E-state index contributed by atoms with van der Waals surface area (Å²) < 4.78 is 6.25. The number of nitrogens with one attached hydrogen (secondary N) is 1. The molecule has 0 spiro atoms. The van der Waals surface area contributed by atoms with Gasteiger partial charge in [0.05, 0.1) is 6.61 Å². The fraction of sp³-hybridized carbons (Fsp3) is 0.571. The minimum atomic E-state index is 0.531. The third kappa shape index (κ3) is 2.31. The molecule has 1 unspecified atom stereocenters. The van der Waals surface area contributed by atoms with Crippen molar-refractivity contribution in [2.45, 2.75) is 23.5 Å². The zero-order chi connectivity index (χ0) is 11.7. The summed E-state index contributed by atoms with van der Waals surface area (Å²) in [5, 5.41) is 3.62. The number of para-hydroxylation sites is 1. The monoisotopic (exact) mass is 249 g/mol. The lowest BCUT2D eigenvalue weighted by molar-refractivity contribution is 0.326. The Balaban J connectivity index is 1.54. The Labute approximate surface area is 107 Å². The quantitative estimate of drug-likeness (QED) is 0.867. The van der Waals surface area contributed by atoms with Gasteiger partial charge < -0.3 is 10.1 Å². The molecule has 2 aliphatic rings. The van der Waals surface area contributed by atoms with Crippen LogP contribution in [0.25, 0.3) is 0 Å². The summed E-state index contributed by atoms with van der Waals surface area (Å²) >= 11 is 2.01. The summed E-state index contributed by atoms with van der Waals surface area (Å²) in [5.41, 5.74) is 1.37. The summed E-state index contributed by atoms with van der Waals surface area (Å²) in [5.74, 6) is 1.61. The second kappa shape index (κ2) is 4.54. The highest BCUT2D eigenvalue weighted by atomic mass is 32.2. The molecule has 0 saturated heterocycles. The number of ether oxygens (including phenoxy) is 1. The normalized spacial score (nSPS) is 24.2. The molecule has 0 bridgehead atoms. The number of hydrogen-bond donors (Lipinski definition) is 1. The van der Waals surface area contributed by atoms with Crippen LogP contribution in [0, 0.1) is 0 Å². The Morgan fingerprint density at radius 1 is 1.41 bits per heavy atom. The van der Waals surface area contributed by atoms with Crippen molar-refractivity contribution >= 4 is 11.8 Å². The predicted octanol–water partition coefficient (Wildman–Crippen LogP) is 2.65. The number of benzene rings is 1. The summed E-state index contributed by atoms with van der Waals surface area (Å²) in [7, 11) is 0. The predicted molar refractivity (Wildman–Crippen MR) is 73.0 cm³/mol. The topological polar surface area (TPSA) is 21.3 Å². The van der Waals surface area contributed by atoms with E-state index >= 15 is 0 Å². The van der Waals surface area contributed by atoms with Crippen LogP contribution in [0.2, 0.25) is 0 Å². The third-order valence-corrected chi connectivity index (χ3v) is 5.30. The van der Waals surface area contributed by atoms with Gasteiger partial charge in [0.1, 0.15) is 5.75 Å². The van der Waals surface area contributed by atoms with Gasteiger partial charge in [0.25, 0.3) is 0 Å². The summed E-state index contributed by atoms with van der Waals surface area (Å²) in [6.45, 7) is 3.02. The van der Waals surface area contributed by atoms with E-state index in [2.05, 4.69) is 29.8 Å². The van der Waals surface area contributed by atoms with Crippen molar-refractivity contribution in [2.24, 2.45) is 0 Å². The Morgan fingerprint density at radius 3 is 3.00 bits per heavy atom. The van der Waals surface area contributed by atoms with Crippen LogP contribution in [-0.2, 0) is 0 Å². The number of fused-ring (bicyclic) bond motifs is 1. The molecule has 1 aromatic carbocycles. The fourth-order valence-electron chi connectivity index (χ4n) is 2.46. The molecular weight excluding hydrogens is 230 g/mol. The van der Waals surface area contributed by atoms with E-state index < -0.39 is 0 Å². The lowest BCUT2D eigenvalue weighted by Gasteiger charge is -2.15. The number of hydrogen-bond acceptors (Lipinski definition) is 3. The van der Waals surface area contributed by atoms with E-state index in [1.807, 2.05) is 17.8 Å². The van der Waals surface area contributed by atoms with E-state index in [4.69, 9.17) is 4.74 Å². The molecule has 1 atom stereocenters. The van der Waals surface area contributed by atoms with Crippen LogP contribution in [0.4, 0.5) is 0 Å². The van der Waals surface area contributed by atoms with Crippen LogP contribution in [0.15, 0.2) is 24.3 Å². The van der Waals surface area contributed by atoms with Crippen LogP contribution in [-0.4, -0.2) is 30.7 Å². The van der Waals surface area contributed by atoms with Crippen LogP contribution < -0.4 is 10.1 Å². The van der Waals surface area contributed by atoms with Gasteiger partial charge in [0, 0.05) is 29.3 Å². The Bertz CT molecular complexity index is 403. The molecular formula is C14H19NOS. The standard InChI is InChI=1S/C14H19NOS/c1-17-14(6-7-14)10-15-8-11-9-16-13-5-3-2-4-12(11)13/h2-5,11,15H,6-10H2,1H3. The lowest BCUT2D eigenvalue weighted by Crippen LogP contribution is -2.30. The Morgan fingerprint density at radius 2 is 2.24 bits per heavy atom. The van der Waals surface area contributed by atoms with Crippen molar-refractivity contribution < 1.29 is 4.74 Å². The number of rotatable bonds is 5. The SMILES string of the molecule is CSC1(CNCC2COc3ccccc32)CC1. The largest absolute Gasteiger partial charge is 0.493 e. The zero-order valence-corrected chi connectivity index (χ0v) is 11.1. The molecule has 1 aromatic rings. The number of thioether (sulfide) groups is 1. The van der Waals surface area contributed by atoms with Crippen LogP contribution in [0.5, 0.6) is 5.75 Å². The Kier molecular flexibility index (Phi) is 3.05. The van der Waals surface area contributed by atoms with Crippen molar-refractivity contribution in [3.05, 3.63) is 29.8 Å². The molecule has 1 heterocycles. The van der Waals surface area contributed by atoms with Crippen molar-refractivity contribution in [3.63, 3.8) is 0 Å². The van der Waals surface area contributed by atoms with E-state index in [1.54, 1.807) is 0 Å². The van der Waals surface area contributed by atoms with Gasteiger partial charge in [-0.05, 0) is 25.2 Å². The third-order valence-electron chi connectivity index (χ3n) is 3.88. The maximum Gasteiger partial charge on any atom is 0.122 e. The van der Waals surface area contributed by atoms with E-state index in [1.165, 1.54) is 18.4 Å². The smallest absolute Gasteiger partial charge is 0.122 e. The van der Waals surface area contributed by atoms with Crippen LogP contribution in [0.3, 0.4) is 0 Å². The van der Waals surface area contributed by atoms with Gasteiger partial charge in [-0.15, -0.1) is 0 Å². The first-order valence-electron chi connectivity index (χ1n) is 6.31. The second-order valence-corrected chi connectivity index (χ2v) is 6.34. The zero-order valence-electron chi connectivity index (χ0n) is 10.2. The maximum absolute atomic E-state index is 5.69. The van der Waals surface area contributed by atoms with Gasteiger partial charge in [-0.1, -0.05) is 18.2 Å². The van der Waals surface area contributed by atoms with Crippen molar-refractivity contribution in [3.8, 4) is 5.75 Å². The highest BCUT2D eigenvalue weighted by molar-refractivity contribution is 8.00. The molecule has 3 rings (SSSR count). The lowest BCUT2D eigenvalue weighted by atomic mass is 10.0. The second-order valence-electron chi connectivity index (χ2n) is 5.06. The molecule has 0 radical (unpaired) electrons. The van der Waals surface area contributed by atoms with E-state index in [9.17, 15) is 0 Å². The molecule has 1 fully saturated rings. The minimum Gasteiger partial charge on any atom is -0.493 e. The Hall–Kier alpha value is -0.670. The van der Waals surface area contributed by atoms with Gasteiger partial charge >= 0.3 is 0 Å². The average molecular weight is 249 g/mol. The molecule has 1 aliphatic heterocycles. The van der Waals surface area contributed by atoms with Gasteiger partial charge in [0.15, 0.2) is 0 Å². The van der Waals surface area contributed by atoms with Gasteiger partial charge in [-0.25, -0.2) is 0 Å².